The van der Waals surface area contributed by atoms with Crippen molar-refractivity contribution in [2.24, 2.45) is 0 Å². The van der Waals surface area contributed by atoms with E-state index in [1.54, 1.807) is 23.5 Å². The van der Waals surface area contributed by atoms with Crippen molar-refractivity contribution in [1.82, 2.24) is 5.32 Å². The highest BCUT2D eigenvalue weighted by Gasteiger charge is 2.24. The summed E-state index contributed by atoms with van der Waals surface area (Å²) in [5, 5.41) is 4.31. The molecule has 0 bridgehead atoms. The van der Waals surface area contributed by atoms with Gasteiger partial charge in [-0.2, -0.15) is 0 Å². The minimum atomic E-state index is -0.117. The first-order chi connectivity index (χ1) is 10.3. The van der Waals surface area contributed by atoms with Crippen molar-refractivity contribution in [2.45, 2.75) is 57.4 Å². The zero-order valence-electron chi connectivity index (χ0n) is 12.0. The summed E-state index contributed by atoms with van der Waals surface area (Å²) < 4.78 is 21.2. The number of rotatable bonds is 6. The Bertz CT molecular complexity index is 646. The maximum absolute atomic E-state index is 14.2. The lowest BCUT2D eigenvalue weighted by atomic mass is 9.96. The van der Waals surface area contributed by atoms with Crippen molar-refractivity contribution < 1.29 is 9.13 Å². The van der Waals surface area contributed by atoms with E-state index in [0.717, 1.165) is 35.0 Å². The largest absolute Gasteiger partial charge is 0.373 e. The highest BCUT2D eigenvalue weighted by atomic mass is 32.1. The summed E-state index contributed by atoms with van der Waals surface area (Å²) in [5.74, 6) is -0.117. The van der Waals surface area contributed by atoms with Crippen molar-refractivity contribution in [1.29, 1.82) is 0 Å². The molecule has 0 spiro atoms. The number of fused-ring (bicyclic) bond motifs is 1. The third kappa shape index (κ3) is 2.85. The summed E-state index contributed by atoms with van der Waals surface area (Å²) in [6, 6.07) is 6.03. The van der Waals surface area contributed by atoms with Crippen LogP contribution in [0, 0.1) is 5.82 Å². The molecule has 1 N–H and O–H groups in total. The Morgan fingerprint density at radius 3 is 2.81 bits per heavy atom. The van der Waals surface area contributed by atoms with E-state index in [-0.39, 0.29) is 5.82 Å². The molecule has 2 aliphatic rings. The fourth-order valence-corrected chi connectivity index (χ4v) is 3.95. The molecule has 21 heavy (non-hydrogen) atoms. The summed E-state index contributed by atoms with van der Waals surface area (Å²) in [5.41, 5.74) is 1.06. The first-order valence-electron chi connectivity index (χ1n) is 7.85. The molecule has 0 unspecified atom stereocenters. The second-order valence-electron chi connectivity index (χ2n) is 6.14. The van der Waals surface area contributed by atoms with Gasteiger partial charge in [0.2, 0.25) is 0 Å². The van der Waals surface area contributed by atoms with Crippen LogP contribution in [-0.4, -0.2) is 12.1 Å². The Morgan fingerprint density at radius 1 is 1.24 bits per heavy atom. The molecule has 112 valence electrons. The molecule has 0 saturated heterocycles. The van der Waals surface area contributed by atoms with E-state index in [4.69, 9.17) is 4.74 Å². The molecule has 1 heterocycles. The maximum Gasteiger partial charge on any atom is 0.132 e. The van der Waals surface area contributed by atoms with E-state index >= 15 is 0 Å². The molecule has 1 aromatic heterocycles. The fraction of sp³-hybridized carbons (Fsp3) is 0.529. The Kier molecular flexibility index (Phi) is 3.69. The molecule has 2 saturated carbocycles. The van der Waals surface area contributed by atoms with Crippen LogP contribution in [0.25, 0.3) is 10.1 Å². The van der Waals surface area contributed by atoms with Gasteiger partial charge in [-0.15, -0.1) is 11.3 Å². The topological polar surface area (TPSA) is 21.3 Å². The SMILES string of the molecule is Fc1cccc2sc(CNC3CC3)c(COC3CCC3)c12. The molecule has 2 aliphatic carbocycles. The van der Waals surface area contributed by atoms with E-state index in [2.05, 4.69) is 5.32 Å². The highest BCUT2D eigenvalue weighted by molar-refractivity contribution is 7.19. The predicted molar refractivity (Wildman–Crippen MR) is 84.1 cm³/mol. The minimum Gasteiger partial charge on any atom is -0.373 e. The third-order valence-electron chi connectivity index (χ3n) is 4.49. The van der Waals surface area contributed by atoms with Crippen LogP contribution in [0.4, 0.5) is 4.39 Å². The van der Waals surface area contributed by atoms with E-state index in [0.29, 0.717) is 18.8 Å². The van der Waals surface area contributed by atoms with Crippen LogP contribution in [0.15, 0.2) is 18.2 Å². The predicted octanol–water partition coefficient (Wildman–Crippen LogP) is 4.36. The van der Waals surface area contributed by atoms with E-state index < -0.39 is 0 Å². The molecule has 1 aromatic carbocycles. The van der Waals surface area contributed by atoms with Crippen LogP contribution in [0.1, 0.15) is 42.5 Å². The van der Waals surface area contributed by atoms with Gasteiger partial charge in [-0.05, 0) is 44.2 Å². The monoisotopic (exact) mass is 305 g/mol. The normalized spacial score (nSPS) is 19.1. The van der Waals surface area contributed by atoms with Gasteiger partial charge in [0.15, 0.2) is 0 Å². The van der Waals surface area contributed by atoms with E-state index in [1.807, 2.05) is 6.07 Å². The van der Waals surface area contributed by atoms with Crippen LogP contribution in [0.2, 0.25) is 0 Å². The summed E-state index contributed by atoms with van der Waals surface area (Å²) in [7, 11) is 0. The van der Waals surface area contributed by atoms with Crippen molar-refractivity contribution in [3.8, 4) is 0 Å². The average molecular weight is 305 g/mol. The lowest BCUT2D eigenvalue weighted by Gasteiger charge is -2.25. The van der Waals surface area contributed by atoms with Gasteiger partial charge < -0.3 is 10.1 Å². The van der Waals surface area contributed by atoms with Gasteiger partial charge in [-0.3, -0.25) is 0 Å². The molecular weight excluding hydrogens is 285 g/mol. The lowest BCUT2D eigenvalue weighted by molar-refractivity contribution is -0.00837. The zero-order chi connectivity index (χ0) is 14.2. The second-order valence-corrected chi connectivity index (χ2v) is 7.27. The highest BCUT2D eigenvalue weighted by Crippen LogP contribution is 2.35. The Morgan fingerprint density at radius 2 is 2.10 bits per heavy atom. The molecule has 2 nitrogen and oxygen atoms in total. The first-order valence-corrected chi connectivity index (χ1v) is 8.66. The summed E-state index contributed by atoms with van der Waals surface area (Å²) in [6.45, 7) is 1.39. The van der Waals surface area contributed by atoms with Crippen molar-refractivity contribution in [2.75, 3.05) is 0 Å². The minimum absolute atomic E-state index is 0.117. The molecular formula is C17H20FNOS. The van der Waals surface area contributed by atoms with Gasteiger partial charge in [0.1, 0.15) is 5.82 Å². The number of nitrogens with one attached hydrogen (secondary N) is 1. The fourth-order valence-electron chi connectivity index (χ4n) is 2.77. The lowest BCUT2D eigenvalue weighted by Crippen LogP contribution is -2.22. The van der Waals surface area contributed by atoms with Gasteiger partial charge in [0.25, 0.3) is 0 Å². The van der Waals surface area contributed by atoms with Crippen molar-refractivity contribution in [3.63, 3.8) is 0 Å². The number of thiophene rings is 1. The van der Waals surface area contributed by atoms with E-state index in [1.165, 1.54) is 24.1 Å². The number of halogens is 1. The third-order valence-corrected chi connectivity index (χ3v) is 5.69. The first kappa shape index (κ1) is 13.7. The van der Waals surface area contributed by atoms with Gasteiger partial charge in [0.05, 0.1) is 12.7 Å². The standard InChI is InChI=1S/C17H20FNOS/c18-14-5-2-6-15-17(14)13(10-20-12-3-1-4-12)16(21-15)9-19-11-7-8-11/h2,5-6,11-12,19H,1,3-4,7-10H2. The van der Waals surface area contributed by atoms with Gasteiger partial charge in [-0.25, -0.2) is 4.39 Å². The number of hydrogen-bond acceptors (Lipinski definition) is 3. The zero-order valence-corrected chi connectivity index (χ0v) is 12.8. The molecule has 2 fully saturated rings. The van der Waals surface area contributed by atoms with Crippen LogP contribution in [0.3, 0.4) is 0 Å². The maximum atomic E-state index is 14.2. The van der Waals surface area contributed by atoms with Crippen molar-refractivity contribution >= 4 is 21.4 Å². The molecule has 0 amide bonds. The Labute approximate surface area is 128 Å². The molecule has 4 rings (SSSR count). The van der Waals surface area contributed by atoms with E-state index in [9.17, 15) is 4.39 Å². The Hall–Kier alpha value is -0.970. The number of ether oxygens (including phenoxy) is 1. The number of hydrogen-bond donors (Lipinski definition) is 1. The van der Waals surface area contributed by atoms with Gasteiger partial charge in [0, 0.05) is 33.1 Å². The van der Waals surface area contributed by atoms with Crippen LogP contribution < -0.4 is 5.32 Å². The number of benzene rings is 1. The quantitative estimate of drug-likeness (QED) is 0.856. The average Bonchev–Trinajstić information content (AvgIpc) is 3.17. The Balaban J connectivity index is 1.62. The van der Waals surface area contributed by atoms with Crippen LogP contribution >= 0.6 is 11.3 Å². The molecule has 0 aliphatic heterocycles. The van der Waals surface area contributed by atoms with Gasteiger partial charge >= 0.3 is 0 Å². The molecule has 4 heteroatoms. The van der Waals surface area contributed by atoms with Gasteiger partial charge in [-0.1, -0.05) is 6.07 Å². The summed E-state index contributed by atoms with van der Waals surface area (Å²) >= 11 is 1.70. The van der Waals surface area contributed by atoms with Crippen LogP contribution in [0.5, 0.6) is 0 Å². The summed E-state index contributed by atoms with van der Waals surface area (Å²) in [4.78, 5) is 1.24. The van der Waals surface area contributed by atoms with Crippen molar-refractivity contribution in [3.05, 3.63) is 34.5 Å². The molecule has 0 atom stereocenters. The summed E-state index contributed by atoms with van der Waals surface area (Å²) in [6.07, 6.45) is 6.50. The van der Waals surface area contributed by atoms with Crippen LogP contribution in [-0.2, 0) is 17.9 Å². The smallest absolute Gasteiger partial charge is 0.132 e. The second kappa shape index (κ2) is 5.67. The molecule has 2 aromatic rings. The molecule has 0 radical (unpaired) electrons.